The molecule has 1 heterocycles. The second-order valence-electron chi connectivity index (χ2n) is 5.70. The first-order chi connectivity index (χ1) is 11.5. The molecule has 7 heteroatoms. The van der Waals surface area contributed by atoms with Crippen molar-refractivity contribution in [2.24, 2.45) is 5.92 Å². The van der Waals surface area contributed by atoms with Crippen LogP contribution < -0.4 is 4.74 Å². The minimum absolute atomic E-state index is 0.0790. The molecule has 1 aromatic carbocycles. The van der Waals surface area contributed by atoms with Crippen LogP contribution in [-0.4, -0.2) is 43.6 Å². The monoisotopic (exact) mass is 417 g/mol. The number of benzene rings is 1. The van der Waals surface area contributed by atoms with Crippen LogP contribution in [0.25, 0.3) is 0 Å². The Morgan fingerprint density at radius 1 is 1.33 bits per heavy atom. The molecule has 24 heavy (non-hydrogen) atoms. The van der Waals surface area contributed by atoms with Crippen molar-refractivity contribution in [2.75, 3.05) is 26.8 Å². The lowest BCUT2D eigenvalue weighted by Crippen LogP contribution is -2.40. The lowest BCUT2D eigenvalue weighted by Gasteiger charge is -2.30. The van der Waals surface area contributed by atoms with Gasteiger partial charge in [0.2, 0.25) is 5.91 Å². The first-order valence-electron chi connectivity index (χ1n) is 7.94. The molecule has 0 aromatic heterocycles. The Balaban J connectivity index is 1.68. The Hall–Kier alpha value is -1.27. The number of carbonyl (C=O) groups excluding carboxylic acids is 2. The van der Waals surface area contributed by atoms with Crippen molar-refractivity contribution in [3.05, 3.63) is 27.7 Å². The Bertz CT molecular complexity index is 588. The van der Waals surface area contributed by atoms with Gasteiger partial charge in [-0.05, 0) is 53.4 Å². The Morgan fingerprint density at radius 3 is 2.67 bits per heavy atom. The Morgan fingerprint density at radius 2 is 2.04 bits per heavy atom. The van der Waals surface area contributed by atoms with Crippen LogP contribution >= 0.6 is 27.5 Å². The van der Waals surface area contributed by atoms with Crippen LogP contribution in [0.15, 0.2) is 22.7 Å². The van der Waals surface area contributed by atoms with Gasteiger partial charge >= 0.3 is 5.97 Å². The SMILES string of the molecule is COC(=O)C1CCN(C(=O)CCCOc2ccc(Cl)cc2Br)CC1. The number of methoxy groups -OCH3 is 1. The molecule has 0 bridgehead atoms. The summed E-state index contributed by atoms with van der Waals surface area (Å²) in [6, 6.07) is 5.33. The van der Waals surface area contributed by atoms with Gasteiger partial charge in [0.1, 0.15) is 5.75 Å². The summed E-state index contributed by atoms with van der Waals surface area (Å²) >= 11 is 9.27. The maximum Gasteiger partial charge on any atom is 0.308 e. The fourth-order valence-electron chi connectivity index (χ4n) is 2.69. The third kappa shape index (κ3) is 5.38. The van der Waals surface area contributed by atoms with Crippen LogP contribution in [0.3, 0.4) is 0 Å². The van der Waals surface area contributed by atoms with Gasteiger partial charge in [-0.2, -0.15) is 0 Å². The number of halogens is 2. The smallest absolute Gasteiger partial charge is 0.308 e. The van der Waals surface area contributed by atoms with Crippen LogP contribution in [-0.2, 0) is 14.3 Å². The predicted octanol–water partition coefficient (Wildman–Crippen LogP) is 3.67. The summed E-state index contributed by atoms with van der Waals surface area (Å²) in [5.41, 5.74) is 0. The number of nitrogens with zero attached hydrogens (tertiary/aromatic N) is 1. The van der Waals surface area contributed by atoms with E-state index in [2.05, 4.69) is 15.9 Å². The third-order valence-electron chi connectivity index (χ3n) is 4.07. The van der Waals surface area contributed by atoms with Crippen molar-refractivity contribution in [3.8, 4) is 5.75 Å². The van der Waals surface area contributed by atoms with E-state index in [1.165, 1.54) is 7.11 Å². The molecule has 1 amide bonds. The number of piperidine rings is 1. The van der Waals surface area contributed by atoms with Gasteiger partial charge in [-0.15, -0.1) is 0 Å². The van der Waals surface area contributed by atoms with Crippen LogP contribution in [0, 0.1) is 5.92 Å². The number of esters is 1. The summed E-state index contributed by atoms with van der Waals surface area (Å²) in [6.45, 7) is 1.69. The maximum absolute atomic E-state index is 12.2. The van der Waals surface area contributed by atoms with Crippen LogP contribution in [0.5, 0.6) is 5.75 Å². The van der Waals surface area contributed by atoms with Gasteiger partial charge in [-0.3, -0.25) is 9.59 Å². The van der Waals surface area contributed by atoms with Crippen molar-refractivity contribution in [2.45, 2.75) is 25.7 Å². The second kappa shape index (κ2) is 9.28. The molecule has 0 unspecified atom stereocenters. The molecule has 2 rings (SSSR count). The molecule has 1 aliphatic rings. The van der Waals surface area contributed by atoms with E-state index in [0.29, 0.717) is 56.2 Å². The van der Waals surface area contributed by atoms with Gasteiger partial charge in [0.15, 0.2) is 0 Å². The van der Waals surface area contributed by atoms with Gasteiger partial charge in [0.05, 0.1) is 24.1 Å². The number of hydrogen-bond acceptors (Lipinski definition) is 4. The summed E-state index contributed by atoms with van der Waals surface area (Å²) in [5.74, 6) is 0.566. The highest BCUT2D eigenvalue weighted by Crippen LogP contribution is 2.28. The predicted molar refractivity (Wildman–Crippen MR) is 95.2 cm³/mol. The molecule has 0 radical (unpaired) electrons. The quantitative estimate of drug-likeness (QED) is 0.522. The molecule has 0 atom stereocenters. The van der Waals surface area contributed by atoms with Crippen molar-refractivity contribution in [3.63, 3.8) is 0 Å². The van der Waals surface area contributed by atoms with Gasteiger partial charge < -0.3 is 14.4 Å². The van der Waals surface area contributed by atoms with Gasteiger partial charge in [0.25, 0.3) is 0 Å². The molecular weight excluding hydrogens is 398 g/mol. The number of hydrogen-bond donors (Lipinski definition) is 0. The minimum atomic E-state index is -0.177. The highest BCUT2D eigenvalue weighted by molar-refractivity contribution is 9.10. The zero-order valence-corrected chi connectivity index (χ0v) is 15.9. The van der Waals surface area contributed by atoms with Crippen LogP contribution in [0.4, 0.5) is 0 Å². The molecule has 1 aliphatic heterocycles. The molecular formula is C17H21BrClNO4. The zero-order chi connectivity index (χ0) is 17.5. The summed E-state index contributed by atoms with van der Waals surface area (Å²) < 4.78 is 11.2. The van der Waals surface area contributed by atoms with E-state index >= 15 is 0 Å². The molecule has 0 aliphatic carbocycles. The fraction of sp³-hybridized carbons (Fsp3) is 0.529. The molecule has 5 nitrogen and oxygen atoms in total. The first-order valence-corrected chi connectivity index (χ1v) is 9.12. The number of ether oxygens (including phenoxy) is 2. The standard InChI is InChI=1S/C17H21BrClNO4/c1-23-17(22)12-6-8-20(9-7-12)16(21)3-2-10-24-15-5-4-13(19)11-14(15)18/h4-5,11-12H,2-3,6-10H2,1H3. The van der Waals surface area contributed by atoms with Crippen molar-refractivity contribution in [1.82, 2.24) is 4.90 Å². The molecule has 1 fully saturated rings. The maximum atomic E-state index is 12.2. The average Bonchev–Trinajstić information content (AvgIpc) is 2.59. The summed E-state index contributed by atoms with van der Waals surface area (Å²) in [5, 5.41) is 0.639. The summed E-state index contributed by atoms with van der Waals surface area (Å²) in [6.07, 6.45) is 2.43. The molecule has 132 valence electrons. The van der Waals surface area contributed by atoms with Crippen molar-refractivity contribution < 1.29 is 19.1 Å². The zero-order valence-electron chi connectivity index (χ0n) is 13.6. The molecule has 0 spiro atoms. The highest BCUT2D eigenvalue weighted by atomic mass is 79.9. The Labute approximate surface area is 155 Å². The number of carbonyl (C=O) groups is 2. The van der Waals surface area contributed by atoms with E-state index in [0.717, 1.165) is 4.47 Å². The highest BCUT2D eigenvalue weighted by Gasteiger charge is 2.27. The Kier molecular flexibility index (Phi) is 7.37. The molecule has 1 aromatic rings. The lowest BCUT2D eigenvalue weighted by atomic mass is 9.97. The fourth-order valence-corrected chi connectivity index (χ4v) is 3.48. The van der Waals surface area contributed by atoms with Crippen LogP contribution in [0.2, 0.25) is 5.02 Å². The van der Waals surface area contributed by atoms with Crippen molar-refractivity contribution >= 4 is 39.4 Å². The number of amides is 1. The number of likely N-dealkylation sites (tertiary alicyclic amines) is 1. The van der Waals surface area contributed by atoms with E-state index in [9.17, 15) is 9.59 Å². The van der Waals surface area contributed by atoms with E-state index < -0.39 is 0 Å². The van der Waals surface area contributed by atoms with E-state index in [1.807, 2.05) is 4.90 Å². The third-order valence-corrected chi connectivity index (χ3v) is 4.92. The van der Waals surface area contributed by atoms with Crippen molar-refractivity contribution in [1.29, 1.82) is 0 Å². The molecule has 1 saturated heterocycles. The van der Waals surface area contributed by atoms with E-state index in [-0.39, 0.29) is 17.8 Å². The van der Waals surface area contributed by atoms with Gasteiger partial charge in [0, 0.05) is 24.5 Å². The molecule has 0 N–H and O–H groups in total. The topological polar surface area (TPSA) is 55.8 Å². The van der Waals surface area contributed by atoms with E-state index in [4.69, 9.17) is 21.1 Å². The lowest BCUT2D eigenvalue weighted by molar-refractivity contribution is -0.148. The molecule has 0 saturated carbocycles. The number of rotatable bonds is 6. The van der Waals surface area contributed by atoms with Gasteiger partial charge in [-0.1, -0.05) is 11.6 Å². The average molecular weight is 419 g/mol. The normalized spacial score (nSPS) is 15.2. The first kappa shape index (κ1) is 19.1. The minimum Gasteiger partial charge on any atom is -0.492 e. The van der Waals surface area contributed by atoms with E-state index in [1.54, 1.807) is 18.2 Å². The summed E-state index contributed by atoms with van der Waals surface area (Å²) in [7, 11) is 1.40. The second-order valence-corrected chi connectivity index (χ2v) is 7.00. The largest absolute Gasteiger partial charge is 0.492 e. The summed E-state index contributed by atoms with van der Waals surface area (Å²) in [4.78, 5) is 25.5. The van der Waals surface area contributed by atoms with Crippen LogP contribution in [0.1, 0.15) is 25.7 Å². The van der Waals surface area contributed by atoms with Gasteiger partial charge in [-0.25, -0.2) is 0 Å².